The molecule has 2 atom stereocenters. The van der Waals surface area contributed by atoms with Gasteiger partial charge in [0.15, 0.2) is 0 Å². The molecule has 3 aliphatic rings. The predicted octanol–water partition coefficient (Wildman–Crippen LogP) is 0.723. The van der Waals surface area contributed by atoms with Gasteiger partial charge < -0.3 is 9.64 Å². The molecule has 1 aliphatic carbocycles. The third kappa shape index (κ3) is 1.74. The van der Waals surface area contributed by atoms with Crippen molar-refractivity contribution in [3.8, 4) is 0 Å². The summed E-state index contributed by atoms with van der Waals surface area (Å²) in [5.41, 5.74) is 0. The van der Waals surface area contributed by atoms with Gasteiger partial charge in [-0.25, -0.2) is 0 Å². The first-order valence-corrected chi connectivity index (χ1v) is 6.48. The molecule has 1 amide bonds. The summed E-state index contributed by atoms with van der Waals surface area (Å²) in [7, 11) is 0. The third-order valence-electron chi connectivity index (χ3n) is 4.20. The van der Waals surface area contributed by atoms with E-state index < -0.39 is 0 Å². The molecule has 1 saturated carbocycles. The molecule has 2 heterocycles. The van der Waals surface area contributed by atoms with Crippen molar-refractivity contribution in [3.63, 3.8) is 0 Å². The normalized spacial score (nSPS) is 36.5. The lowest BCUT2D eigenvalue weighted by Gasteiger charge is -2.33. The van der Waals surface area contributed by atoms with E-state index in [-0.39, 0.29) is 5.91 Å². The van der Waals surface area contributed by atoms with Gasteiger partial charge in [0.05, 0.1) is 25.4 Å². The lowest BCUT2D eigenvalue weighted by Crippen LogP contribution is -2.48. The van der Waals surface area contributed by atoms with Crippen LogP contribution in [0.15, 0.2) is 0 Å². The number of hydrogen-bond acceptors (Lipinski definition) is 3. The van der Waals surface area contributed by atoms with Crippen molar-refractivity contribution in [1.82, 2.24) is 10.2 Å². The summed E-state index contributed by atoms with van der Waals surface area (Å²) >= 11 is 0. The van der Waals surface area contributed by atoms with E-state index in [2.05, 4.69) is 10.2 Å². The van der Waals surface area contributed by atoms with Crippen molar-refractivity contribution in [1.29, 1.82) is 0 Å². The molecule has 0 aromatic rings. The second-order valence-electron chi connectivity index (χ2n) is 5.19. The summed E-state index contributed by atoms with van der Waals surface area (Å²) in [5, 5.41) is 3.40. The van der Waals surface area contributed by atoms with Crippen LogP contribution in [0.2, 0.25) is 0 Å². The van der Waals surface area contributed by atoms with Gasteiger partial charge in [0, 0.05) is 6.61 Å². The molecule has 2 saturated heterocycles. The maximum atomic E-state index is 11.9. The SMILES string of the molecule is O=C1CNC(C2CCCC2)N1C1CCOC1. The highest BCUT2D eigenvalue weighted by atomic mass is 16.5. The van der Waals surface area contributed by atoms with Crippen LogP contribution in [0.5, 0.6) is 0 Å². The zero-order valence-corrected chi connectivity index (χ0v) is 9.65. The van der Waals surface area contributed by atoms with Crippen LogP contribution in [0.1, 0.15) is 32.1 Å². The molecular formula is C12H20N2O2. The zero-order chi connectivity index (χ0) is 11.0. The Labute approximate surface area is 96.3 Å². The van der Waals surface area contributed by atoms with Crippen LogP contribution in [-0.2, 0) is 9.53 Å². The van der Waals surface area contributed by atoms with Gasteiger partial charge in [0.2, 0.25) is 5.91 Å². The number of amides is 1. The lowest BCUT2D eigenvalue weighted by molar-refractivity contribution is -0.131. The van der Waals surface area contributed by atoms with Crippen molar-refractivity contribution in [3.05, 3.63) is 0 Å². The first-order valence-electron chi connectivity index (χ1n) is 6.48. The van der Waals surface area contributed by atoms with Crippen LogP contribution in [0, 0.1) is 5.92 Å². The van der Waals surface area contributed by atoms with Gasteiger partial charge in [-0.3, -0.25) is 10.1 Å². The van der Waals surface area contributed by atoms with Gasteiger partial charge >= 0.3 is 0 Å². The number of carbonyl (C=O) groups is 1. The average Bonchev–Trinajstić information content (AvgIpc) is 2.96. The summed E-state index contributed by atoms with van der Waals surface area (Å²) in [4.78, 5) is 14.0. The second-order valence-corrected chi connectivity index (χ2v) is 5.19. The van der Waals surface area contributed by atoms with E-state index in [4.69, 9.17) is 4.74 Å². The Balaban J connectivity index is 1.73. The number of hydrogen-bond donors (Lipinski definition) is 1. The molecule has 90 valence electrons. The molecule has 2 unspecified atom stereocenters. The maximum absolute atomic E-state index is 11.9. The average molecular weight is 224 g/mol. The summed E-state index contributed by atoms with van der Waals surface area (Å²) in [6.07, 6.45) is 6.50. The van der Waals surface area contributed by atoms with Crippen molar-refractivity contribution in [2.45, 2.75) is 44.3 Å². The van der Waals surface area contributed by atoms with E-state index in [1.807, 2.05) is 0 Å². The van der Waals surface area contributed by atoms with Crippen LogP contribution in [0.3, 0.4) is 0 Å². The fraction of sp³-hybridized carbons (Fsp3) is 0.917. The number of rotatable bonds is 2. The van der Waals surface area contributed by atoms with Gasteiger partial charge in [-0.05, 0) is 25.2 Å². The minimum atomic E-state index is 0.271. The predicted molar refractivity (Wildman–Crippen MR) is 59.8 cm³/mol. The quantitative estimate of drug-likeness (QED) is 0.751. The third-order valence-corrected chi connectivity index (χ3v) is 4.20. The maximum Gasteiger partial charge on any atom is 0.238 e. The number of nitrogens with one attached hydrogen (secondary N) is 1. The summed E-state index contributed by atoms with van der Waals surface area (Å²) < 4.78 is 5.41. The Morgan fingerprint density at radius 1 is 1.25 bits per heavy atom. The molecule has 0 radical (unpaired) electrons. The van der Waals surface area contributed by atoms with E-state index in [1.165, 1.54) is 25.7 Å². The molecule has 4 nitrogen and oxygen atoms in total. The minimum Gasteiger partial charge on any atom is -0.379 e. The number of nitrogens with zero attached hydrogens (tertiary/aromatic N) is 1. The smallest absolute Gasteiger partial charge is 0.238 e. The molecule has 0 aromatic heterocycles. The van der Waals surface area contributed by atoms with Crippen LogP contribution >= 0.6 is 0 Å². The van der Waals surface area contributed by atoms with Gasteiger partial charge in [-0.2, -0.15) is 0 Å². The molecule has 3 rings (SSSR count). The minimum absolute atomic E-state index is 0.271. The highest BCUT2D eigenvalue weighted by Crippen LogP contribution is 2.32. The molecule has 3 fully saturated rings. The fourth-order valence-electron chi connectivity index (χ4n) is 3.38. The van der Waals surface area contributed by atoms with Crippen molar-refractivity contribution < 1.29 is 9.53 Å². The highest BCUT2D eigenvalue weighted by Gasteiger charge is 2.41. The topological polar surface area (TPSA) is 41.6 Å². The van der Waals surface area contributed by atoms with Crippen LogP contribution in [0.25, 0.3) is 0 Å². The second kappa shape index (κ2) is 4.34. The van der Waals surface area contributed by atoms with E-state index in [9.17, 15) is 4.79 Å². The summed E-state index contributed by atoms with van der Waals surface area (Å²) in [5.74, 6) is 0.944. The Morgan fingerprint density at radius 3 is 2.75 bits per heavy atom. The van der Waals surface area contributed by atoms with E-state index in [0.717, 1.165) is 19.6 Å². The first-order chi connectivity index (χ1) is 7.86. The molecular weight excluding hydrogens is 204 g/mol. The van der Waals surface area contributed by atoms with E-state index in [0.29, 0.717) is 24.7 Å². The van der Waals surface area contributed by atoms with Gasteiger partial charge in [-0.15, -0.1) is 0 Å². The molecule has 0 bridgehead atoms. The van der Waals surface area contributed by atoms with Gasteiger partial charge in [0.25, 0.3) is 0 Å². The number of ether oxygens (including phenoxy) is 1. The summed E-state index contributed by atoms with van der Waals surface area (Å²) in [6.45, 7) is 2.07. The molecule has 0 aromatic carbocycles. The van der Waals surface area contributed by atoms with E-state index >= 15 is 0 Å². The molecule has 1 N–H and O–H groups in total. The molecule has 16 heavy (non-hydrogen) atoms. The standard InChI is InChI=1S/C12H20N2O2/c15-11-7-13-12(9-3-1-2-4-9)14(11)10-5-6-16-8-10/h9-10,12-13H,1-8H2. The Hall–Kier alpha value is -0.610. The molecule has 0 spiro atoms. The Kier molecular flexibility index (Phi) is 2.86. The van der Waals surface area contributed by atoms with E-state index in [1.54, 1.807) is 0 Å². The number of carbonyl (C=O) groups excluding carboxylic acids is 1. The van der Waals surface area contributed by atoms with Crippen LogP contribution in [0.4, 0.5) is 0 Å². The largest absolute Gasteiger partial charge is 0.379 e. The fourth-order valence-corrected chi connectivity index (χ4v) is 3.38. The zero-order valence-electron chi connectivity index (χ0n) is 9.65. The summed E-state index contributed by atoms with van der Waals surface area (Å²) in [6, 6.07) is 0.327. The highest BCUT2D eigenvalue weighted by molar-refractivity contribution is 5.81. The van der Waals surface area contributed by atoms with Crippen molar-refractivity contribution in [2.75, 3.05) is 19.8 Å². The van der Waals surface area contributed by atoms with Crippen molar-refractivity contribution >= 4 is 5.91 Å². The van der Waals surface area contributed by atoms with Crippen LogP contribution < -0.4 is 5.32 Å². The lowest BCUT2D eigenvalue weighted by atomic mass is 10.0. The Morgan fingerprint density at radius 2 is 2.06 bits per heavy atom. The molecule has 2 aliphatic heterocycles. The van der Waals surface area contributed by atoms with Crippen LogP contribution in [-0.4, -0.2) is 42.8 Å². The van der Waals surface area contributed by atoms with Gasteiger partial charge in [0.1, 0.15) is 0 Å². The molecule has 4 heteroatoms. The first kappa shape index (κ1) is 10.5. The monoisotopic (exact) mass is 224 g/mol. The van der Waals surface area contributed by atoms with Crippen molar-refractivity contribution in [2.24, 2.45) is 5.92 Å². The Bertz CT molecular complexity index is 270. The van der Waals surface area contributed by atoms with Gasteiger partial charge in [-0.1, -0.05) is 12.8 Å².